The number of nitrogens with one attached hydrogen (secondary N) is 2. The van der Waals surface area contributed by atoms with Gasteiger partial charge in [-0.05, 0) is 49.4 Å². The summed E-state index contributed by atoms with van der Waals surface area (Å²) in [4.78, 5) is 9.25. The van der Waals surface area contributed by atoms with E-state index >= 15 is 0 Å². The summed E-state index contributed by atoms with van der Waals surface area (Å²) in [7, 11) is -7.64. The zero-order valence-corrected chi connectivity index (χ0v) is 21.8. The van der Waals surface area contributed by atoms with Crippen LogP contribution in [0.4, 0.5) is 17.3 Å². The highest BCUT2D eigenvalue weighted by atomic mass is 32.2. The van der Waals surface area contributed by atoms with Gasteiger partial charge in [-0.1, -0.05) is 49.7 Å². The van der Waals surface area contributed by atoms with Crippen molar-refractivity contribution in [2.24, 2.45) is 0 Å². The molecule has 0 aliphatic heterocycles. The topological polar surface area (TPSA) is 121 Å². The molecule has 0 unspecified atom stereocenters. The zero-order chi connectivity index (χ0) is 25.9. The average molecular weight is 526 g/mol. The maximum atomic E-state index is 13.1. The molecule has 0 amide bonds. The second-order valence-corrected chi connectivity index (χ2v) is 11.7. The Morgan fingerprint density at radius 3 is 1.97 bits per heavy atom. The van der Waals surface area contributed by atoms with Crippen LogP contribution in [0.5, 0.6) is 0 Å². The number of aromatic nitrogens is 2. The van der Waals surface area contributed by atoms with Crippen molar-refractivity contribution in [3.8, 4) is 0 Å². The number of fused-ring (bicyclic) bond motifs is 1. The minimum absolute atomic E-state index is 0.00808. The number of aryl methyl sites for hydroxylation is 1. The summed E-state index contributed by atoms with van der Waals surface area (Å²) < 4.78 is 56.0. The number of anilines is 3. The van der Waals surface area contributed by atoms with Gasteiger partial charge in [0.25, 0.3) is 10.0 Å². The van der Waals surface area contributed by atoms with Gasteiger partial charge in [0.15, 0.2) is 11.6 Å². The molecule has 4 aromatic rings. The van der Waals surface area contributed by atoms with Crippen LogP contribution in [-0.2, 0) is 20.0 Å². The molecule has 0 aliphatic rings. The van der Waals surface area contributed by atoms with Gasteiger partial charge in [0, 0.05) is 18.8 Å². The van der Waals surface area contributed by atoms with Gasteiger partial charge in [-0.25, -0.2) is 26.8 Å². The molecule has 0 aliphatic carbocycles. The van der Waals surface area contributed by atoms with Gasteiger partial charge >= 0.3 is 0 Å². The summed E-state index contributed by atoms with van der Waals surface area (Å²) >= 11 is 0. The first-order valence-electron chi connectivity index (χ1n) is 11.4. The number of rotatable bonds is 9. The van der Waals surface area contributed by atoms with Crippen LogP contribution in [0.25, 0.3) is 11.0 Å². The largest absolute Gasteiger partial charge is 0.337 e. The highest BCUT2D eigenvalue weighted by Crippen LogP contribution is 2.28. The summed E-state index contributed by atoms with van der Waals surface area (Å²) in [6.07, 6.45) is 0. The molecule has 0 bridgehead atoms. The first-order chi connectivity index (χ1) is 17.1. The highest BCUT2D eigenvalue weighted by Gasteiger charge is 2.23. The summed E-state index contributed by atoms with van der Waals surface area (Å²) in [6.45, 7) is 6.12. The van der Waals surface area contributed by atoms with Crippen LogP contribution in [0.15, 0.2) is 82.6 Å². The van der Waals surface area contributed by atoms with E-state index in [0.717, 1.165) is 5.56 Å². The molecule has 36 heavy (non-hydrogen) atoms. The Morgan fingerprint density at radius 2 is 1.36 bits per heavy atom. The third-order valence-electron chi connectivity index (χ3n) is 5.57. The van der Waals surface area contributed by atoms with Crippen molar-refractivity contribution >= 4 is 48.4 Å². The van der Waals surface area contributed by atoms with Crippen LogP contribution in [0.1, 0.15) is 19.4 Å². The molecule has 188 valence electrons. The summed E-state index contributed by atoms with van der Waals surface area (Å²) in [5.41, 5.74) is 2.40. The van der Waals surface area contributed by atoms with Crippen LogP contribution < -0.4 is 10.0 Å². The predicted octanol–water partition coefficient (Wildman–Crippen LogP) is 4.51. The quantitative estimate of drug-likeness (QED) is 0.330. The van der Waals surface area contributed by atoms with Crippen LogP contribution in [0.2, 0.25) is 0 Å². The van der Waals surface area contributed by atoms with Crippen molar-refractivity contribution in [2.75, 3.05) is 23.1 Å². The Labute approximate surface area is 211 Å². The first-order valence-corrected chi connectivity index (χ1v) is 14.3. The number of benzene rings is 3. The number of hydrogen-bond acceptors (Lipinski definition) is 7. The molecule has 3 aromatic carbocycles. The Balaban J connectivity index is 1.75. The minimum atomic E-state index is -3.96. The fourth-order valence-electron chi connectivity index (χ4n) is 3.65. The number of nitrogens with zero attached hydrogens (tertiary/aromatic N) is 3. The highest BCUT2D eigenvalue weighted by molar-refractivity contribution is 7.92. The van der Waals surface area contributed by atoms with Crippen LogP contribution in [0, 0.1) is 6.92 Å². The number of hydrogen-bond donors (Lipinski definition) is 2. The van der Waals surface area contributed by atoms with Crippen molar-refractivity contribution in [2.45, 2.75) is 30.6 Å². The van der Waals surface area contributed by atoms with Crippen molar-refractivity contribution in [1.82, 2.24) is 14.3 Å². The van der Waals surface area contributed by atoms with Crippen molar-refractivity contribution in [3.05, 3.63) is 78.4 Å². The monoisotopic (exact) mass is 525 g/mol. The maximum absolute atomic E-state index is 13.1. The van der Waals surface area contributed by atoms with Crippen molar-refractivity contribution in [3.63, 3.8) is 0 Å². The van der Waals surface area contributed by atoms with Crippen molar-refractivity contribution in [1.29, 1.82) is 0 Å². The molecule has 0 saturated heterocycles. The van der Waals surface area contributed by atoms with Crippen LogP contribution in [0.3, 0.4) is 0 Å². The number of para-hydroxylation sites is 2. The molecule has 0 saturated carbocycles. The third kappa shape index (κ3) is 5.32. The molecule has 0 atom stereocenters. The minimum Gasteiger partial charge on any atom is -0.337 e. The van der Waals surface area contributed by atoms with E-state index in [4.69, 9.17) is 0 Å². The summed E-state index contributed by atoms with van der Waals surface area (Å²) in [5, 5.41) is 3.05. The van der Waals surface area contributed by atoms with Gasteiger partial charge in [-0.2, -0.15) is 4.31 Å². The smallest absolute Gasteiger partial charge is 0.263 e. The first kappa shape index (κ1) is 25.5. The Kier molecular flexibility index (Phi) is 7.25. The van der Waals surface area contributed by atoms with Gasteiger partial charge in [0.05, 0.1) is 20.8 Å². The van der Waals surface area contributed by atoms with E-state index in [1.807, 2.05) is 6.92 Å². The SMILES string of the molecule is CCN(CC)S(=O)(=O)c1cccc(Nc2nc3ccccc3nc2NS(=O)(=O)c2ccc(C)cc2)c1. The van der Waals surface area contributed by atoms with Crippen LogP contribution >= 0.6 is 0 Å². The van der Waals surface area contributed by atoms with E-state index in [-0.39, 0.29) is 21.4 Å². The molecule has 4 rings (SSSR count). The molecule has 11 heteroatoms. The average Bonchev–Trinajstić information content (AvgIpc) is 2.85. The molecular weight excluding hydrogens is 498 g/mol. The normalized spacial score (nSPS) is 12.1. The van der Waals surface area contributed by atoms with Gasteiger partial charge in [-0.3, -0.25) is 4.72 Å². The van der Waals surface area contributed by atoms with Gasteiger partial charge < -0.3 is 5.32 Å². The van der Waals surface area contributed by atoms with E-state index in [9.17, 15) is 16.8 Å². The summed E-state index contributed by atoms with van der Waals surface area (Å²) in [6, 6.07) is 19.8. The molecule has 0 fully saturated rings. The maximum Gasteiger partial charge on any atom is 0.263 e. The van der Waals surface area contributed by atoms with Crippen LogP contribution in [-0.4, -0.2) is 44.2 Å². The molecule has 2 N–H and O–H groups in total. The molecule has 0 radical (unpaired) electrons. The predicted molar refractivity (Wildman–Crippen MR) is 141 cm³/mol. The lowest BCUT2D eigenvalue weighted by atomic mass is 10.2. The standard InChI is InChI=1S/C25H27N5O4S2/c1-4-30(5-2)36(33,34)21-10-8-9-19(17-21)26-24-25(28-23-12-7-6-11-22(23)27-24)29-35(31,32)20-15-13-18(3)14-16-20/h6-17H,4-5H2,1-3H3,(H,26,27)(H,28,29). The second kappa shape index (κ2) is 10.2. The molecular formula is C25H27N5O4S2. The van der Waals surface area contributed by atoms with Gasteiger partial charge in [0.2, 0.25) is 10.0 Å². The summed E-state index contributed by atoms with van der Waals surface area (Å²) in [5.74, 6) is 0.132. The molecule has 9 nitrogen and oxygen atoms in total. The van der Waals surface area contributed by atoms with E-state index < -0.39 is 20.0 Å². The van der Waals surface area contributed by atoms with Crippen molar-refractivity contribution < 1.29 is 16.8 Å². The van der Waals surface area contributed by atoms with E-state index in [1.165, 1.54) is 28.6 Å². The Morgan fingerprint density at radius 1 is 0.750 bits per heavy atom. The molecule has 1 heterocycles. The lowest BCUT2D eigenvalue weighted by Crippen LogP contribution is -2.30. The van der Waals surface area contributed by atoms with E-state index in [0.29, 0.717) is 29.8 Å². The fraction of sp³-hybridized carbons (Fsp3) is 0.200. The van der Waals surface area contributed by atoms with Gasteiger partial charge in [0.1, 0.15) is 0 Å². The molecule has 0 spiro atoms. The number of sulfonamides is 2. The molecule has 1 aromatic heterocycles. The van der Waals surface area contributed by atoms with E-state index in [2.05, 4.69) is 20.0 Å². The fourth-order valence-corrected chi connectivity index (χ4v) is 6.16. The second-order valence-electron chi connectivity index (χ2n) is 8.07. The lowest BCUT2D eigenvalue weighted by molar-refractivity contribution is 0.445. The van der Waals surface area contributed by atoms with Gasteiger partial charge in [-0.15, -0.1) is 0 Å². The zero-order valence-electron chi connectivity index (χ0n) is 20.1. The lowest BCUT2D eigenvalue weighted by Gasteiger charge is -2.19. The van der Waals surface area contributed by atoms with E-state index in [1.54, 1.807) is 62.4 Å². The Bertz CT molecular complexity index is 1600. The third-order valence-corrected chi connectivity index (χ3v) is 8.97. The Hall–Kier alpha value is -3.54.